The van der Waals surface area contributed by atoms with Gasteiger partial charge in [-0.1, -0.05) is 61.0 Å². The van der Waals surface area contributed by atoms with Crippen LogP contribution < -0.4 is 10.6 Å². The Kier molecular flexibility index (Phi) is 7.07. The minimum Gasteiger partial charge on any atom is -0.478 e. The van der Waals surface area contributed by atoms with E-state index in [1.807, 2.05) is 24.3 Å². The SMILES string of the molecule is O=C(O)/C=C/CNC(=O)[C@@H]1CCC[C@@H](NC(=O)OCC2c3ccccc3-c3ccccc32)C1. The highest BCUT2D eigenvalue weighted by molar-refractivity contribution is 5.81. The standard InChI is InChI=1S/C26H28N2O5/c29-24(30)13-6-14-27-25(31)17-7-5-8-18(15-17)28-26(32)33-16-23-21-11-3-1-9-19(21)20-10-2-4-12-22(20)23/h1-4,6,9-13,17-18,23H,5,7-8,14-16H2,(H,27,31)(H,28,32)(H,29,30)/b13-6+/t17-,18-/m1/s1. The molecule has 0 spiro atoms. The first-order valence-corrected chi connectivity index (χ1v) is 11.3. The van der Waals surface area contributed by atoms with Crippen molar-refractivity contribution in [1.82, 2.24) is 10.6 Å². The predicted octanol–water partition coefficient (Wildman–Crippen LogP) is 3.84. The lowest BCUT2D eigenvalue weighted by Gasteiger charge is -2.28. The number of ether oxygens (including phenoxy) is 1. The maximum atomic E-state index is 12.5. The van der Waals surface area contributed by atoms with Gasteiger partial charge in [0.05, 0.1) is 0 Å². The monoisotopic (exact) mass is 448 g/mol. The van der Waals surface area contributed by atoms with E-state index in [9.17, 15) is 14.4 Å². The van der Waals surface area contributed by atoms with Gasteiger partial charge in [0.2, 0.25) is 5.91 Å². The molecule has 33 heavy (non-hydrogen) atoms. The van der Waals surface area contributed by atoms with Crippen LogP contribution in [0.3, 0.4) is 0 Å². The highest BCUT2D eigenvalue weighted by Crippen LogP contribution is 2.44. The Morgan fingerprint density at radius 3 is 2.33 bits per heavy atom. The summed E-state index contributed by atoms with van der Waals surface area (Å²) in [6, 6.07) is 16.3. The average molecular weight is 449 g/mol. The van der Waals surface area contributed by atoms with E-state index in [-0.39, 0.29) is 36.9 Å². The van der Waals surface area contributed by atoms with E-state index in [4.69, 9.17) is 9.84 Å². The Morgan fingerprint density at radius 1 is 1.00 bits per heavy atom. The lowest BCUT2D eigenvalue weighted by Crippen LogP contribution is -2.42. The van der Waals surface area contributed by atoms with Crippen LogP contribution >= 0.6 is 0 Å². The molecule has 2 amide bonds. The highest BCUT2D eigenvalue weighted by Gasteiger charge is 2.31. The molecule has 2 aliphatic carbocycles. The number of rotatable bonds is 7. The van der Waals surface area contributed by atoms with Gasteiger partial charge in [-0.3, -0.25) is 4.79 Å². The van der Waals surface area contributed by atoms with E-state index in [1.54, 1.807) is 0 Å². The molecule has 1 saturated carbocycles. The van der Waals surface area contributed by atoms with Crippen LogP contribution in [0.25, 0.3) is 11.1 Å². The zero-order valence-electron chi connectivity index (χ0n) is 18.3. The molecule has 1 fully saturated rings. The fourth-order valence-electron chi connectivity index (χ4n) is 4.83. The molecule has 0 unspecified atom stereocenters. The molecule has 2 aromatic carbocycles. The normalized spacial score (nSPS) is 19.5. The molecular weight excluding hydrogens is 420 g/mol. The van der Waals surface area contributed by atoms with Gasteiger partial charge in [-0.05, 0) is 41.5 Å². The van der Waals surface area contributed by atoms with Crippen molar-refractivity contribution in [3.8, 4) is 11.1 Å². The summed E-state index contributed by atoms with van der Waals surface area (Å²) >= 11 is 0. The van der Waals surface area contributed by atoms with Gasteiger partial charge in [-0.25, -0.2) is 9.59 Å². The number of benzene rings is 2. The topological polar surface area (TPSA) is 105 Å². The third-order valence-corrected chi connectivity index (χ3v) is 6.37. The van der Waals surface area contributed by atoms with Gasteiger partial charge in [0, 0.05) is 30.5 Å². The first-order chi connectivity index (χ1) is 16.0. The molecule has 7 heteroatoms. The quantitative estimate of drug-likeness (QED) is 0.558. The van der Waals surface area contributed by atoms with Crippen molar-refractivity contribution >= 4 is 18.0 Å². The van der Waals surface area contributed by atoms with Gasteiger partial charge < -0.3 is 20.5 Å². The van der Waals surface area contributed by atoms with E-state index in [0.29, 0.717) is 6.42 Å². The van der Waals surface area contributed by atoms with Crippen molar-refractivity contribution in [1.29, 1.82) is 0 Å². The minimum absolute atomic E-state index is 0.00638. The first-order valence-electron chi connectivity index (χ1n) is 11.3. The van der Waals surface area contributed by atoms with E-state index >= 15 is 0 Å². The van der Waals surface area contributed by atoms with Crippen LogP contribution in [0.15, 0.2) is 60.7 Å². The Morgan fingerprint density at radius 2 is 1.67 bits per heavy atom. The Hall–Kier alpha value is -3.61. The number of aliphatic carboxylic acids is 1. The molecule has 0 bridgehead atoms. The van der Waals surface area contributed by atoms with Crippen LogP contribution in [0, 0.1) is 5.92 Å². The second kappa shape index (κ2) is 10.3. The van der Waals surface area contributed by atoms with E-state index in [0.717, 1.165) is 36.5 Å². The molecule has 0 aromatic heterocycles. The van der Waals surface area contributed by atoms with Gasteiger partial charge in [0.25, 0.3) is 0 Å². The lowest BCUT2D eigenvalue weighted by atomic mass is 9.85. The van der Waals surface area contributed by atoms with Gasteiger partial charge in [0.15, 0.2) is 0 Å². The number of alkyl carbamates (subject to hydrolysis) is 1. The molecular formula is C26H28N2O5. The van der Waals surface area contributed by atoms with Crippen LogP contribution in [0.5, 0.6) is 0 Å². The minimum atomic E-state index is -1.05. The molecule has 4 rings (SSSR count). The number of hydrogen-bond donors (Lipinski definition) is 3. The maximum Gasteiger partial charge on any atom is 0.407 e. The van der Waals surface area contributed by atoms with Crippen molar-refractivity contribution in [2.24, 2.45) is 5.92 Å². The summed E-state index contributed by atoms with van der Waals surface area (Å²) in [6.07, 6.45) is 4.85. The summed E-state index contributed by atoms with van der Waals surface area (Å²) in [4.78, 5) is 35.4. The molecule has 3 N–H and O–H groups in total. The third kappa shape index (κ3) is 5.42. The molecule has 2 atom stereocenters. The number of carboxylic acid groups (broad SMARTS) is 1. The van der Waals surface area contributed by atoms with Crippen molar-refractivity contribution in [3.63, 3.8) is 0 Å². The zero-order chi connectivity index (χ0) is 23.2. The first kappa shape index (κ1) is 22.6. The van der Waals surface area contributed by atoms with E-state index in [1.165, 1.54) is 17.2 Å². The molecule has 2 aliphatic rings. The van der Waals surface area contributed by atoms with Gasteiger partial charge in [-0.2, -0.15) is 0 Å². The average Bonchev–Trinajstić information content (AvgIpc) is 3.14. The van der Waals surface area contributed by atoms with E-state index in [2.05, 4.69) is 34.9 Å². The van der Waals surface area contributed by atoms with Crippen molar-refractivity contribution in [2.75, 3.05) is 13.2 Å². The predicted molar refractivity (Wildman–Crippen MR) is 124 cm³/mol. The highest BCUT2D eigenvalue weighted by atomic mass is 16.5. The number of carbonyl (C=O) groups excluding carboxylic acids is 2. The van der Waals surface area contributed by atoms with Crippen molar-refractivity contribution < 1.29 is 24.2 Å². The fourth-order valence-corrected chi connectivity index (χ4v) is 4.83. The van der Waals surface area contributed by atoms with Gasteiger partial charge >= 0.3 is 12.1 Å². The lowest BCUT2D eigenvalue weighted by molar-refractivity contribution is -0.131. The number of carboxylic acids is 1. The van der Waals surface area contributed by atoms with Crippen LogP contribution in [0.4, 0.5) is 4.79 Å². The van der Waals surface area contributed by atoms with Crippen molar-refractivity contribution in [2.45, 2.75) is 37.6 Å². The second-order valence-corrected chi connectivity index (χ2v) is 8.52. The summed E-state index contributed by atoms with van der Waals surface area (Å²) in [5, 5.41) is 14.3. The van der Waals surface area contributed by atoms with Crippen LogP contribution in [-0.2, 0) is 14.3 Å². The molecule has 0 aliphatic heterocycles. The molecule has 7 nitrogen and oxygen atoms in total. The summed E-state index contributed by atoms with van der Waals surface area (Å²) in [6.45, 7) is 0.429. The summed E-state index contributed by atoms with van der Waals surface area (Å²) in [5.41, 5.74) is 4.69. The van der Waals surface area contributed by atoms with Crippen molar-refractivity contribution in [3.05, 3.63) is 71.8 Å². The number of hydrogen-bond acceptors (Lipinski definition) is 4. The maximum absolute atomic E-state index is 12.5. The number of nitrogens with one attached hydrogen (secondary N) is 2. The zero-order valence-corrected chi connectivity index (χ0v) is 18.3. The summed E-state index contributed by atoms with van der Waals surface area (Å²) in [7, 11) is 0. The molecule has 0 radical (unpaired) electrons. The van der Waals surface area contributed by atoms with Gasteiger partial charge in [-0.15, -0.1) is 0 Å². The van der Waals surface area contributed by atoms with Crippen LogP contribution in [0.1, 0.15) is 42.7 Å². The molecule has 2 aromatic rings. The second-order valence-electron chi connectivity index (χ2n) is 8.52. The summed E-state index contributed by atoms with van der Waals surface area (Å²) < 4.78 is 5.62. The summed E-state index contributed by atoms with van der Waals surface area (Å²) in [5.74, 6) is -1.37. The number of amides is 2. The van der Waals surface area contributed by atoms with Gasteiger partial charge in [0.1, 0.15) is 6.61 Å². The van der Waals surface area contributed by atoms with Crippen LogP contribution in [0.2, 0.25) is 0 Å². The largest absolute Gasteiger partial charge is 0.478 e. The Bertz CT molecular complexity index is 1020. The van der Waals surface area contributed by atoms with E-state index < -0.39 is 12.1 Å². The Labute approximate surface area is 192 Å². The molecule has 0 saturated heterocycles. The third-order valence-electron chi connectivity index (χ3n) is 6.37. The fraction of sp³-hybridized carbons (Fsp3) is 0.346. The number of carbonyl (C=O) groups is 3. The Balaban J connectivity index is 1.29. The smallest absolute Gasteiger partial charge is 0.407 e. The molecule has 0 heterocycles. The molecule has 172 valence electrons. The number of fused-ring (bicyclic) bond motifs is 3. The van der Waals surface area contributed by atoms with Crippen LogP contribution in [-0.4, -0.2) is 42.3 Å².